The van der Waals surface area contributed by atoms with Crippen molar-refractivity contribution in [3.8, 4) is 0 Å². The van der Waals surface area contributed by atoms with Crippen LogP contribution >= 0.6 is 11.6 Å². The molecule has 1 aromatic rings. The molecule has 0 N–H and O–H groups in total. The van der Waals surface area contributed by atoms with E-state index in [0.29, 0.717) is 0 Å². The summed E-state index contributed by atoms with van der Waals surface area (Å²) in [4.78, 5) is 15.1. The minimum absolute atomic E-state index is 0.0919. The van der Waals surface area contributed by atoms with Gasteiger partial charge in [-0.1, -0.05) is 17.7 Å². The topological polar surface area (TPSA) is 23.6 Å². The molecule has 1 radical (unpaired) electrons. The predicted octanol–water partition coefficient (Wildman–Crippen LogP) is 1.82. The highest BCUT2D eigenvalue weighted by Gasteiger charge is 2.18. The van der Waals surface area contributed by atoms with E-state index in [2.05, 4.69) is 11.8 Å². The van der Waals surface area contributed by atoms with E-state index in [1.54, 1.807) is 4.90 Å². The number of anilines is 1. The molecule has 4 heteroatoms. The van der Waals surface area contributed by atoms with E-state index in [4.69, 9.17) is 11.6 Å². The molecule has 1 aromatic carbocycles. The number of carbonyl (C=O) groups excluding carboxylic acids is 1. The van der Waals surface area contributed by atoms with Gasteiger partial charge in [-0.2, -0.15) is 0 Å². The van der Waals surface area contributed by atoms with Crippen molar-refractivity contribution in [3.05, 3.63) is 36.2 Å². The van der Waals surface area contributed by atoms with Crippen LogP contribution < -0.4 is 4.90 Å². The molecule has 85 valence electrons. The summed E-state index contributed by atoms with van der Waals surface area (Å²) in [5.74, 6) is -0.0919. The van der Waals surface area contributed by atoms with Crippen LogP contribution in [0, 0.1) is 6.92 Å². The van der Waals surface area contributed by atoms with E-state index in [1.807, 2.05) is 24.3 Å². The van der Waals surface area contributed by atoms with Gasteiger partial charge in [0.25, 0.3) is 0 Å². The molecule has 1 aliphatic rings. The van der Waals surface area contributed by atoms with Crippen molar-refractivity contribution >= 4 is 23.2 Å². The number of hydrogen-bond donors (Lipinski definition) is 0. The molecule has 0 unspecified atom stereocenters. The third-order valence-electron chi connectivity index (χ3n) is 2.81. The van der Waals surface area contributed by atoms with E-state index in [1.165, 1.54) is 0 Å². The Bertz CT molecular complexity index is 386. The van der Waals surface area contributed by atoms with Crippen molar-refractivity contribution in [2.75, 3.05) is 31.1 Å². The lowest BCUT2D eigenvalue weighted by molar-refractivity contribution is -0.126. The average molecular weight is 238 g/mol. The van der Waals surface area contributed by atoms with Gasteiger partial charge >= 0.3 is 0 Å². The molecule has 0 saturated carbocycles. The van der Waals surface area contributed by atoms with Crippen LogP contribution in [-0.4, -0.2) is 37.0 Å². The lowest BCUT2D eigenvalue weighted by Crippen LogP contribution is -2.48. The normalized spacial score (nSPS) is 16.4. The molecule has 0 bridgehead atoms. The number of nitrogens with zero attached hydrogens (tertiary/aromatic N) is 2. The number of benzene rings is 1. The minimum Gasteiger partial charge on any atom is -0.368 e. The second-order valence-corrected chi connectivity index (χ2v) is 4.28. The fourth-order valence-corrected chi connectivity index (χ4v) is 2.07. The molecular weight excluding hydrogens is 224 g/mol. The third-order valence-corrected chi connectivity index (χ3v) is 3.04. The smallest absolute Gasteiger partial charge is 0.223 e. The molecule has 1 aliphatic heterocycles. The van der Waals surface area contributed by atoms with Crippen LogP contribution in [-0.2, 0) is 4.79 Å². The van der Waals surface area contributed by atoms with Crippen LogP contribution in [0.5, 0.6) is 0 Å². The van der Waals surface area contributed by atoms with Crippen molar-refractivity contribution in [1.82, 2.24) is 4.90 Å². The van der Waals surface area contributed by atoms with Crippen molar-refractivity contribution in [2.45, 2.75) is 0 Å². The lowest BCUT2D eigenvalue weighted by Gasteiger charge is -2.35. The van der Waals surface area contributed by atoms with Gasteiger partial charge < -0.3 is 9.80 Å². The molecule has 3 nitrogen and oxygen atoms in total. The van der Waals surface area contributed by atoms with Gasteiger partial charge in [-0.25, -0.2) is 0 Å². The van der Waals surface area contributed by atoms with Gasteiger partial charge in [0.15, 0.2) is 0 Å². The molecule has 1 saturated heterocycles. The van der Waals surface area contributed by atoms with Gasteiger partial charge in [0.05, 0.1) is 0 Å². The highest BCUT2D eigenvalue weighted by molar-refractivity contribution is 6.30. The summed E-state index contributed by atoms with van der Waals surface area (Å²) in [6.45, 7) is 6.55. The first kappa shape index (κ1) is 11.3. The number of piperazine rings is 1. The average Bonchev–Trinajstić information content (AvgIpc) is 2.29. The van der Waals surface area contributed by atoms with Gasteiger partial charge in [0.1, 0.15) is 0 Å². The van der Waals surface area contributed by atoms with E-state index in [9.17, 15) is 4.79 Å². The first-order chi connectivity index (χ1) is 7.66. The largest absolute Gasteiger partial charge is 0.368 e. The molecule has 0 aliphatic carbocycles. The summed E-state index contributed by atoms with van der Waals surface area (Å²) >= 11 is 5.94. The molecule has 1 heterocycles. The molecule has 1 fully saturated rings. The maximum absolute atomic E-state index is 11.1. The standard InChI is InChI=1S/C12H14ClN2O/c1-10(16)14-5-7-15(8-6-14)12-4-2-3-11(13)9-12/h2-4,9H,1,5-8H2. The fraction of sp³-hybridized carbons (Fsp3) is 0.333. The Labute approximate surface area is 101 Å². The fourth-order valence-electron chi connectivity index (χ4n) is 1.89. The van der Waals surface area contributed by atoms with Gasteiger partial charge in [-0.15, -0.1) is 0 Å². The Morgan fingerprint density at radius 3 is 2.50 bits per heavy atom. The van der Waals surface area contributed by atoms with Crippen LogP contribution in [0.15, 0.2) is 24.3 Å². The summed E-state index contributed by atoms with van der Waals surface area (Å²) < 4.78 is 0. The third kappa shape index (κ3) is 2.47. The summed E-state index contributed by atoms with van der Waals surface area (Å²) in [5, 5.41) is 0.744. The van der Waals surface area contributed by atoms with Crippen molar-refractivity contribution in [2.24, 2.45) is 0 Å². The Balaban J connectivity index is 2.01. The first-order valence-electron chi connectivity index (χ1n) is 5.28. The summed E-state index contributed by atoms with van der Waals surface area (Å²) in [6.07, 6.45) is 0. The molecule has 0 atom stereocenters. The highest BCUT2D eigenvalue weighted by Crippen LogP contribution is 2.20. The van der Waals surface area contributed by atoms with Gasteiger partial charge in [0.2, 0.25) is 5.91 Å². The van der Waals surface area contributed by atoms with E-state index in [0.717, 1.165) is 36.9 Å². The molecule has 0 spiro atoms. The van der Waals surface area contributed by atoms with Crippen LogP contribution in [0.2, 0.25) is 5.02 Å². The Morgan fingerprint density at radius 1 is 1.25 bits per heavy atom. The number of rotatable bonds is 1. The Hall–Kier alpha value is -1.22. The van der Waals surface area contributed by atoms with E-state index >= 15 is 0 Å². The molecule has 1 amide bonds. The number of halogens is 1. The number of amides is 1. The Morgan fingerprint density at radius 2 is 1.94 bits per heavy atom. The number of carbonyl (C=O) groups is 1. The van der Waals surface area contributed by atoms with Gasteiger partial charge in [0, 0.05) is 43.8 Å². The first-order valence-corrected chi connectivity index (χ1v) is 5.66. The zero-order valence-corrected chi connectivity index (χ0v) is 9.78. The van der Waals surface area contributed by atoms with Crippen molar-refractivity contribution in [1.29, 1.82) is 0 Å². The zero-order chi connectivity index (χ0) is 11.5. The second kappa shape index (κ2) is 4.74. The maximum atomic E-state index is 11.1. The maximum Gasteiger partial charge on any atom is 0.223 e. The van der Waals surface area contributed by atoms with Crippen molar-refractivity contribution in [3.63, 3.8) is 0 Å². The van der Waals surface area contributed by atoms with Crippen LogP contribution in [0.4, 0.5) is 5.69 Å². The van der Waals surface area contributed by atoms with Crippen LogP contribution in [0.25, 0.3) is 0 Å². The SMILES string of the molecule is [CH2]C(=O)N1CCN(c2cccc(Cl)c2)CC1. The zero-order valence-electron chi connectivity index (χ0n) is 9.03. The van der Waals surface area contributed by atoms with Crippen molar-refractivity contribution < 1.29 is 4.79 Å². The minimum atomic E-state index is -0.0919. The number of hydrogen-bond acceptors (Lipinski definition) is 2. The molecule has 2 rings (SSSR count). The highest BCUT2D eigenvalue weighted by atomic mass is 35.5. The summed E-state index contributed by atoms with van der Waals surface area (Å²) in [6, 6.07) is 7.79. The second-order valence-electron chi connectivity index (χ2n) is 3.85. The summed E-state index contributed by atoms with van der Waals surface area (Å²) in [7, 11) is 0. The van der Waals surface area contributed by atoms with Crippen LogP contribution in [0.1, 0.15) is 0 Å². The van der Waals surface area contributed by atoms with E-state index < -0.39 is 0 Å². The van der Waals surface area contributed by atoms with Gasteiger partial charge in [-0.05, 0) is 18.2 Å². The Kier molecular flexibility index (Phi) is 3.34. The molecule has 0 aromatic heterocycles. The quantitative estimate of drug-likeness (QED) is 0.744. The predicted molar refractivity (Wildman–Crippen MR) is 65.6 cm³/mol. The molecule has 16 heavy (non-hydrogen) atoms. The summed E-state index contributed by atoms with van der Waals surface area (Å²) in [5.41, 5.74) is 1.11. The van der Waals surface area contributed by atoms with Gasteiger partial charge in [-0.3, -0.25) is 4.79 Å². The van der Waals surface area contributed by atoms with E-state index in [-0.39, 0.29) is 5.91 Å². The monoisotopic (exact) mass is 237 g/mol. The van der Waals surface area contributed by atoms with Crippen LogP contribution in [0.3, 0.4) is 0 Å². The molecular formula is C12H14ClN2O. The lowest BCUT2D eigenvalue weighted by atomic mass is 10.2.